The van der Waals surface area contributed by atoms with Gasteiger partial charge in [0.1, 0.15) is 5.41 Å². The van der Waals surface area contributed by atoms with E-state index in [1.54, 1.807) is 0 Å². The number of benzene rings is 2. The predicted octanol–water partition coefficient (Wildman–Crippen LogP) is 6.86. The van der Waals surface area contributed by atoms with E-state index in [0.29, 0.717) is 32.8 Å². The third-order valence-corrected chi connectivity index (χ3v) is 13.3. The maximum absolute atomic E-state index is 10.7. The number of rotatable bonds is 11. The molecule has 0 aromatic heterocycles. The zero-order chi connectivity index (χ0) is 28.0. The molecule has 4 rings (SSSR count). The maximum atomic E-state index is 10.7. The maximum Gasteiger partial charge on any atom is 0.193 e. The molecule has 1 aliphatic heterocycles. The molecule has 2 atom stereocenters. The van der Waals surface area contributed by atoms with E-state index in [4.69, 9.17) is 23.4 Å². The molecule has 2 fully saturated rings. The van der Waals surface area contributed by atoms with Gasteiger partial charge in [-0.1, -0.05) is 81.4 Å². The first-order chi connectivity index (χ1) is 18.6. The first-order valence-corrected chi connectivity index (χ1v) is 17.1. The van der Waals surface area contributed by atoms with Crippen LogP contribution in [0.4, 0.5) is 0 Å². The normalized spacial score (nSPS) is 21.6. The molecule has 1 aliphatic carbocycles. The zero-order valence-corrected chi connectivity index (χ0v) is 25.3. The molecule has 2 aromatic rings. The van der Waals surface area contributed by atoms with Crippen molar-refractivity contribution >= 4 is 8.32 Å². The van der Waals surface area contributed by atoms with E-state index < -0.39 is 19.5 Å². The summed E-state index contributed by atoms with van der Waals surface area (Å²) in [5.74, 6) is -0.856. The van der Waals surface area contributed by atoms with E-state index in [0.717, 1.165) is 24.0 Å². The summed E-state index contributed by atoms with van der Waals surface area (Å²) in [4.78, 5) is 0. The molecule has 1 unspecified atom stereocenters. The Kier molecular flexibility index (Phi) is 9.69. The summed E-state index contributed by atoms with van der Waals surface area (Å²) < 4.78 is 32.1. The largest absolute Gasteiger partial charge is 0.408 e. The van der Waals surface area contributed by atoms with Crippen LogP contribution < -0.4 is 0 Å². The SMILES string of the molecule is CC(C)(C)[Si](C)(C)OC1CC[C@H](C(C#N)(COCc2ccccc2)COCc2ccccc2)CC12OCCO2. The van der Waals surface area contributed by atoms with Gasteiger partial charge >= 0.3 is 0 Å². The Balaban J connectivity index is 1.53. The molecule has 6 nitrogen and oxygen atoms in total. The van der Waals surface area contributed by atoms with Crippen LogP contribution in [0, 0.1) is 22.7 Å². The fourth-order valence-electron chi connectivity index (χ4n) is 5.36. The molecule has 0 radical (unpaired) electrons. The molecule has 1 heterocycles. The highest BCUT2D eigenvalue weighted by atomic mass is 28.4. The fourth-order valence-corrected chi connectivity index (χ4v) is 6.72. The fraction of sp³-hybridized carbons (Fsp3) is 0.594. The predicted molar refractivity (Wildman–Crippen MR) is 154 cm³/mol. The topological polar surface area (TPSA) is 69.9 Å². The lowest BCUT2D eigenvalue weighted by Gasteiger charge is -2.50. The van der Waals surface area contributed by atoms with Crippen LogP contribution in [0.3, 0.4) is 0 Å². The number of nitriles is 1. The van der Waals surface area contributed by atoms with Gasteiger partial charge in [-0.15, -0.1) is 0 Å². The van der Waals surface area contributed by atoms with Crippen LogP contribution in [0.15, 0.2) is 60.7 Å². The average Bonchev–Trinajstić information content (AvgIpc) is 3.38. The van der Waals surface area contributed by atoms with Gasteiger partial charge in [0, 0.05) is 6.42 Å². The van der Waals surface area contributed by atoms with E-state index in [-0.39, 0.29) is 30.3 Å². The van der Waals surface area contributed by atoms with Gasteiger partial charge < -0.3 is 23.4 Å². The third-order valence-electron chi connectivity index (χ3n) is 8.76. The summed E-state index contributed by atoms with van der Waals surface area (Å²) in [6.45, 7) is 13.8. The molecule has 212 valence electrons. The number of hydrogen-bond donors (Lipinski definition) is 0. The van der Waals surface area contributed by atoms with Gasteiger partial charge in [-0.3, -0.25) is 0 Å². The lowest BCUT2D eigenvalue weighted by molar-refractivity contribution is -0.248. The van der Waals surface area contributed by atoms with Crippen LogP contribution in [0.1, 0.15) is 51.2 Å². The Labute approximate surface area is 235 Å². The summed E-state index contributed by atoms with van der Waals surface area (Å²) >= 11 is 0. The molecule has 39 heavy (non-hydrogen) atoms. The van der Waals surface area contributed by atoms with Crippen molar-refractivity contribution in [3.8, 4) is 6.07 Å². The van der Waals surface area contributed by atoms with E-state index in [1.807, 2.05) is 60.7 Å². The van der Waals surface area contributed by atoms with Crippen molar-refractivity contribution in [1.29, 1.82) is 5.26 Å². The lowest BCUT2D eigenvalue weighted by Crippen LogP contribution is -2.58. The van der Waals surface area contributed by atoms with Crippen molar-refractivity contribution < 1.29 is 23.4 Å². The van der Waals surface area contributed by atoms with Crippen molar-refractivity contribution in [2.45, 2.75) is 83.3 Å². The summed E-state index contributed by atoms with van der Waals surface area (Å²) in [6, 6.07) is 22.8. The molecular formula is C32H45NO5Si. The van der Waals surface area contributed by atoms with Gasteiger partial charge in [0.25, 0.3) is 0 Å². The molecule has 1 spiro atoms. The smallest absolute Gasteiger partial charge is 0.193 e. The van der Waals surface area contributed by atoms with E-state index in [9.17, 15) is 5.26 Å². The second-order valence-electron chi connectivity index (χ2n) is 12.6. The quantitative estimate of drug-likeness (QED) is 0.284. The van der Waals surface area contributed by atoms with E-state index >= 15 is 0 Å². The Bertz CT molecular complexity index is 1030. The minimum atomic E-state index is -2.05. The minimum absolute atomic E-state index is 0.0218. The highest BCUT2D eigenvalue weighted by Crippen LogP contribution is 2.49. The van der Waals surface area contributed by atoms with E-state index in [1.165, 1.54) is 0 Å². The van der Waals surface area contributed by atoms with Gasteiger partial charge in [-0.05, 0) is 48.0 Å². The summed E-state index contributed by atoms with van der Waals surface area (Å²) in [5, 5.41) is 10.8. The average molecular weight is 552 g/mol. The molecule has 0 amide bonds. The van der Waals surface area contributed by atoms with Crippen molar-refractivity contribution in [3.63, 3.8) is 0 Å². The van der Waals surface area contributed by atoms with E-state index in [2.05, 4.69) is 39.9 Å². The van der Waals surface area contributed by atoms with Crippen LogP contribution >= 0.6 is 0 Å². The van der Waals surface area contributed by atoms with Crippen molar-refractivity contribution in [2.75, 3.05) is 26.4 Å². The molecule has 7 heteroatoms. The number of ether oxygens (including phenoxy) is 4. The standard InChI is InChI=1S/C32H45NO5Si/c1-30(2,3)39(4,5)38-29-17-16-28(20-32(29)36-18-19-37-32)31(23-33,24-34-21-26-12-8-6-9-13-26)25-35-22-27-14-10-7-11-15-27/h6-15,28-29H,16-22,24-25H2,1-5H3/t28-,29?/m0/s1. The van der Waals surface area contributed by atoms with Crippen LogP contribution in [-0.2, 0) is 36.6 Å². The molecule has 2 aromatic carbocycles. The molecule has 0 N–H and O–H groups in total. The number of hydrogen-bond acceptors (Lipinski definition) is 6. The highest BCUT2D eigenvalue weighted by molar-refractivity contribution is 6.74. The van der Waals surface area contributed by atoms with Crippen molar-refractivity contribution in [3.05, 3.63) is 71.8 Å². The Morgan fingerprint density at radius 3 is 1.85 bits per heavy atom. The van der Waals surface area contributed by atoms with Gasteiger partial charge in [0.15, 0.2) is 14.1 Å². The van der Waals surface area contributed by atoms with Crippen LogP contribution in [0.2, 0.25) is 18.1 Å². The summed E-state index contributed by atoms with van der Waals surface area (Å²) in [6.07, 6.45) is 2.04. The molecular weight excluding hydrogens is 506 g/mol. The molecule has 1 saturated heterocycles. The Morgan fingerprint density at radius 2 is 1.38 bits per heavy atom. The zero-order valence-electron chi connectivity index (χ0n) is 24.3. The molecule has 1 saturated carbocycles. The summed E-state index contributed by atoms with van der Waals surface area (Å²) in [5.41, 5.74) is 1.33. The van der Waals surface area contributed by atoms with Crippen molar-refractivity contribution in [2.24, 2.45) is 11.3 Å². The minimum Gasteiger partial charge on any atom is -0.408 e. The Morgan fingerprint density at radius 1 is 0.872 bits per heavy atom. The van der Waals surface area contributed by atoms with Crippen molar-refractivity contribution in [1.82, 2.24) is 0 Å². The lowest BCUT2D eigenvalue weighted by atomic mass is 9.67. The van der Waals surface area contributed by atoms with Gasteiger partial charge in [-0.25, -0.2) is 0 Å². The highest BCUT2D eigenvalue weighted by Gasteiger charge is 2.56. The summed E-state index contributed by atoms with van der Waals surface area (Å²) in [7, 11) is -2.05. The van der Waals surface area contributed by atoms with Gasteiger partial charge in [0.2, 0.25) is 0 Å². The third kappa shape index (κ3) is 7.18. The number of nitrogens with zero attached hydrogens (tertiary/aromatic N) is 1. The van der Waals surface area contributed by atoms with Gasteiger partial charge in [0.05, 0.1) is 51.8 Å². The first kappa shape index (κ1) is 29.9. The molecule has 2 aliphatic rings. The molecule has 0 bridgehead atoms. The van der Waals surface area contributed by atoms with Gasteiger partial charge in [-0.2, -0.15) is 5.26 Å². The second-order valence-corrected chi connectivity index (χ2v) is 17.3. The first-order valence-electron chi connectivity index (χ1n) is 14.2. The van der Waals surface area contributed by atoms with Crippen LogP contribution in [0.5, 0.6) is 0 Å². The van der Waals surface area contributed by atoms with Crippen LogP contribution in [0.25, 0.3) is 0 Å². The second kappa shape index (κ2) is 12.6. The van der Waals surface area contributed by atoms with Crippen LogP contribution in [-0.4, -0.2) is 46.6 Å². The monoisotopic (exact) mass is 551 g/mol. The Hall–Kier alpha value is -2.05.